The maximum absolute atomic E-state index is 13.8. The Morgan fingerprint density at radius 1 is 1.09 bits per heavy atom. The van der Waals surface area contributed by atoms with Gasteiger partial charge in [0.15, 0.2) is 6.72 Å². The lowest BCUT2D eigenvalue weighted by Gasteiger charge is -2.43. The Hall–Kier alpha value is -2.33. The van der Waals surface area contributed by atoms with E-state index in [9.17, 15) is 13.2 Å². The third-order valence-corrected chi connectivity index (χ3v) is 6.77. The van der Waals surface area contributed by atoms with Crippen LogP contribution in [0, 0.1) is 0 Å². The normalized spacial score (nSPS) is 23.4. The summed E-state index contributed by atoms with van der Waals surface area (Å²) in [4.78, 5) is 1.72. The first-order chi connectivity index (χ1) is 16.7. The van der Waals surface area contributed by atoms with E-state index in [0.717, 1.165) is 11.1 Å². The SMILES string of the molecule is C=[N+]=C(SC1CC(OCc2ccccc2)C(OCc2ccccc2)C(C(N)C(F)(F)F)O1)N(C)C. The number of halogens is 3. The molecule has 2 aromatic carbocycles. The molecule has 1 aliphatic rings. The second-order valence-electron chi connectivity index (χ2n) is 8.38. The van der Waals surface area contributed by atoms with Crippen LogP contribution in [-0.4, -0.2) is 66.8 Å². The zero-order valence-electron chi connectivity index (χ0n) is 19.7. The minimum Gasteiger partial charge on any atom is -0.371 e. The van der Waals surface area contributed by atoms with Gasteiger partial charge in [0.25, 0.3) is 0 Å². The molecule has 1 fully saturated rings. The van der Waals surface area contributed by atoms with Gasteiger partial charge in [0, 0.05) is 18.2 Å². The number of hydrogen-bond acceptors (Lipinski definition) is 5. The van der Waals surface area contributed by atoms with Crippen molar-refractivity contribution in [3.63, 3.8) is 0 Å². The van der Waals surface area contributed by atoms with Crippen LogP contribution in [0.1, 0.15) is 17.5 Å². The largest absolute Gasteiger partial charge is 0.407 e. The lowest BCUT2D eigenvalue weighted by molar-refractivity contribution is -0.238. The predicted octanol–water partition coefficient (Wildman–Crippen LogP) is 3.58. The first-order valence-corrected chi connectivity index (χ1v) is 12.0. The molecular weight excluding hydrogens is 479 g/mol. The molecule has 5 atom stereocenters. The Labute approximate surface area is 208 Å². The Balaban J connectivity index is 1.88. The fraction of sp³-hybridized carbons (Fsp3) is 0.440. The van der Waals surface area contributed by atoms with Gasteiger partial charge in [-0.3, -0.25) is 0 Å². The van der Waals surface area contributed by atoms with Crippen molar-refractivity contribution in [3.05, 3.63) is 71.8 Å². The minimum atomic E-state index is -4.68. The van der Waals surface area contributed by atoms with Gasteiger partial charge < -0.3 is 19.9 Å². The van der Waals surface area contributed by atoms with Gasteiger partial charge in [-0.2, -0.15) is 13.2 Å². The summed E-state index contributed by atoms with van der Waals surface area (Å²) in [6, 6.07) is 16.4. The van der Waals surface area contributed by atoms with Crippen molar-refractivity contribution in [2.45, 2.75) is 55.6 Å². The molecular formula is C25H31F3N3O3S+. The topological polar surface area (TPSA) is 71.0 Å². The summed E-state index contributed by atoms with van der Waals surface area (Å²) in [5, 5.41) is 0.514. The highest BCUT2D eigenvalue weighted by Crippen LogP contribution is 2.37. The zero-order valence-corrected chi connectivity index (χ0v) is 20.5. The van der Waals surface area contributed by atoms with Crippen LogP contribution in [0.4, 0.5) is 13.2 Å². The predicted molar refractivity (Wildman–Crippen MR) is 133 cm³/mol. The summed E-state index contributed by atoms with van der Waals surface area (Å²) < 4.78 is 63.4. The van der Waals surface area contributed by atoms with Crippen molar-refractivity contribution in [2.24, 2.45) is 5.73 Å². The van der Waals surface area contributed by atoms with E-state index in [4.69, 9.17) is 19.9 Å². The van der Waals surface area contributed by atoms with Crippen molar-refractivity contribution < 1.29 is 27.4 Å². The van der Waals surface area contributed by atoms with Gasteiger partial charge in [-0.25, -0.2) is 9.57 Å². The Bertz CT molecular complexity index is 972. The van der Waals surface area contributed by atoms with Gasteiger partial charge in [0.05, 0.1) is 33.4 Å². The summed E-state index contributed by atoms with van der Waals surface area (Å²) in [6.07, 6.45) is -7.60. The lowest BCUT2D eigenvalue weighted by Crippen LogP contribution is -2.61. The first-order valence-electron chi connectivity index (χ1n) is 11.2. The molecule has 0 saturated carbocycles. The van der Waals surface area contributed by atoms with E-state index >= 15 is 0 Å². The summed E-state index contributed by atoms with van der Waals surface area (Å²) in [5.41, 5.74) is 6.73. The van der Waals surface area contributed by atoms with Crippen molar-refractivity contribution >= 4 is 23.6 Å². The average Bonchev–Trinajstić information content (AvgIpc) is 2.85. The molecule has 0 spiro atoms. The second kappa shape index (κ2) is 12.6. The smallest absolute Gasteiger partial charge is 0.371 e. The summed E-state index contributed by atoms with van der Waals surface area (Å²) in [7, 11) is 3.54. The third-order valence-electron chi connectivity index (χ3n) is 5.50. The lowest BCUT2D eigenvalue weighted by atomic mass is 9.95. The van der Waals surface area contributed by atoms with Crippen LogP contribution in [0.15, 0.2) is 60.7 Å². The number of rotatable bonds is 8. The number of nitrogens with two attached hydrogens (primary N) is 1. The molecule has 35 heavy (non-hydrogen) atoms. The summed E-state index contributed by atoms with van der Waals surface area (Å²) >= 11 is 1.18. The second-order valence-corrected chi connectivity index (χ2v) is 9.51. The molecule has 0 aromatic heterocycles. The Morgan fingerprint density at radius 3 is 2.11 bits per heavy atom. The van der Waals surface area contributed by atoms with Gasteiger partial charge in [-0.15, -0.1) is 0 Å². The van der Waals surface area contributed by atoms with Crippen LogP contribution in [0.2, 0.25) is 0 Å². The molecule has 6 nitrogen and oxygen atoms in total. The number of amidine groups is 1. The van der Waals surface area contributed by atoms with Crippen molar-refractivity contribution in [3.8, 4) is 0 Å². The van der Waals surface area contributed by atoms with Crippen molar-refractivity contribution in [1.29, 1.82) is 0 Å². The van der Waals surface area contributed by atoms with Crippen molar-refractivity contribution in [1.82, 2.24) is 9.57 Å². The number of alkyl halides is 3. The number of hydrogen-bond donors (Lipinski definition) is 1. The van der Waals surface area contributed by atoms with E-state index in [2.05, 4.69) is 11.4 Å². The van der Waals surface area contributed by atoms with E-state index < -0.39 is 36.0 Å². The maximum atomic E-state index is 13.8. The molecule has 0 amide bonds. The molecule has 5 unspecified atom stereocenters. The zero-order chi connectivity index (χ0) is 25.4. The van der Waals surface area contributed by atoms with E-state index in [1.54, 1.807) is 19.0 Å². The number of ether oxygens (including phenoxy) is 3. The molecule has 1 heterocycles. The number of nitrogens with zero attached hydrogens (tertiary/aromatic N) is 2. The molecule has 0 bridgehead atoms. The first kappa shape index (κ1) is 27.3. The monoisotopic (exact) mass is 510 g/mol. The number of thioether (sulfide) groups is 1. The van der Waals surface area contributed by atoms with Gasteiger partial charge in [-0.05, 0) is 11.1 Å². The Kier molecular flexibility index (Phi) is 9.80. The van der Waals surface area contributed by atoms with Gasteiger partial charge in [0.2, 0.25) is 0 Å². The highest BCUT2D eigenvalue weighted by atomic mass is 32.2. The molecule has 190 valence electrons. The highest BCUT2D eigenvalue weighted by Gasteiger charge is 2.52. The Morgan fingerprint density at radius 2 is 1.63 bits per heavy atom. The molecule has 1 saturated heterocycles. The molecule has 1 aliphatic heterocycles. The molecule has 3 rings (SSSR count). The van der Waals surface area contributed by atoms with Crippen LogP contribution in [0.5, 0.6) is 0 Å². The van der Waals surface area contributed by atoms with Gasteiger partial charge in [0.1, 0.15) is 23.7 Å². The molecule has 2 aromatic rings. The van der Waals surface area contributed by atoms with E-state index in [-0.39, 0.29) is 19.6 Å². The summed E-state index contributed by atoms with van der Waals surface area (Å²) in [6.45, 7) is 3.86. The molecule has 0 radical (unpaired) electrons. The van der Waals surface area contributed by atoms with Crippen LogP contribution >= 0.6 is 11.8 Å². The third kappa shape index (κ3) is 7.83. The average molecular weight is 511 g/mol. The van der Waals surface area contributed by atoms with Crippen LogP contribution < -0.4 is 10.4 Å². The fourth-order valence-corrected chi connectivity index (χ4v) is 4.70. The van der Waals surface area contributed by atoms with E-state index in [1.807, 2.05) is 60.7 Å². The van der Waals surface area contributed by atoms with Crippen molar-refractivity contribution in [2.75, 3.05) is 14.1 Å². The summed E-state index contributed by atoms with van der Waals surface area (Å²) in [5.74, 6) is 0. The molecule has 10 heteroatoms. The van der Waals surface area contributed by atoms with E-state index in [1.165, 1.54) is 11.8 Å². The van der Waals surface area contributed by atoms with Crippen LogP contribution in [0.3, 0.4) is 0 Å². The molecule has 2 N–H and O–H groups in total. The molecule has 0 aliphatic carbocycles. The van der Waals surface area contributed by atoms with Gasteiger partial charge in [-0.1, -0.05) is 60.7 Å². The van der Waals surface area contributed by atoms with Gasteiger partial charge >= 0.3 is 11.3 Å². The number of benzene rings is 2. The highest BCUT2D eigenvalue weighted by molar-refractivity contribution is 8.14. The minimum absolute atomic E-state index is 0.0994. The van der Waals surface area contributed by atoms with Crippen LogP contribution in [-0.2, 0) is 27.4 Å². The quantitative estimate of drug-likeness (QED) is 0.333. The van der Waals surface area contributed by atoms with Crippen LogP contribution in [0.25, 0.3) is 0 Å². The van der Waals surface area contributed by atoms with E-state index in [0.29, 0.717) is 5.17 Å². The standard InChI is InChI=1S/C25H31F3N3O3S/c1-30-24(31(2)3)35-20-14-19(32-15-17-10-6-4-7-11-17)21(22(34-20)23(29)25(26,27)28)33-16-18-12-8-5-9-13-18/h4-13,19-23H,1,14-16,29H2,2-3H3/q+1. The fourth-order valence-electron chi connectivity index (χ4n) is 3.71. The maximum Gasteiger partial charge on any atom is 0.407 e.